The van der Waals surface area contributed by atoms with Crippen LogP contribution in [-0.2, 0) is 14.2 Å². The van der Waals surface area contributed by atoms with E-state index in [0.29, 0.717) is 26.4 Å². The molecule has 0 heterocycles. The van der Waals surface area contributed by atoms with Crippen LogP contribution in [0.15, 0.2) is 30.5 Å². The largest absolute Gasteiger partial charge is 0.498 e. The monoisotopic (exact) mass is 308 g/mol. The molecule has 1 rings (SSSR count). The van der Waals surface area contributed by atoms with Gasteiger partial charge < -0.3 is 18.9 Å². The van der Waals surface area contributed by atoms with Gasteiger partial charge in [-0.3, -0.25) is 0 Å². The number of rotatable bonds is 12. The Kier molecular flexibility index (Phi) is 10.2. The minimum Gasteiger partial charge on any atom is -0.498 e. The maximum atomic E-state index is 5.49. The summed E-state index contributed by atoms with van der Waals surface area (Å²) in [5.74, 6) is 0.854. The summed E-state index contributed by atoms with van der Waals surface area (Å²) in [5, 5.41) is 0. The van der Waals surface area contributed by atoms with Gasteiger partial charge in [-0.2, -0.15) is 0 Å². The number of allylic oxidation sites excluding steroid dienone is 1. The zero-order valence-corrected chi connectivity index (χ0v) is 14.0. The van der Waals surface area contributed by atoms with Crippen LogP contribution in [0, 0.1) is 0 Å². The van der Waals surface area contributed by atoms with Crippen molar-refractivity contribution < 1.29 is 18.9 Å². The fourth-order valence-corrected chi connectivity index (χ4v) is 1.78. The van der Waals surface area contributed by atoms with Crippen molar-refractivity contribution >= 4 is 5.57 Å². The summed E-state index contributed by atoms with van der Waals surface area (Å²) in [4.78, 5) is 0. The van der Waals surface area contributed by atoms with Crippen molar-refractivity contribution in [2.45, 2.75) is 26.7 Å². The van der Waals surface area contributed by atoms with Gasteiger partial charge in [-0.25, -0.2) is 0 Å². The molecular weight excluding hydrogens is 280 g/mol. The lowest BCUT2D eigenvalue weighted by Crippen LogP contribution is -2.08. The van der Waals surface area contributed by atoms with Gasteiger partial charge in [0.1, 0.15) is 12.4 Å². The van der Waals surface area contributed by atoms with Gasteiger partial charge in [0, 0.05) is 6.61 Å². The Bertz CT molecular complexity index is 412. The summed E-state index contributed by atoms with van der Waals surface area (Å²) >= 11 is 0. The van der Waals surface area contributed by atoms with E-state index < -0.39 is 0 Å². The molecule has 0 N–H and O–H groups in total. The first-order chi connectivity index (χ1) is 10.8. The van der Waals surface area contributed by atoms with E-state index in [9.17, 15) is 0 Å². The Labute approximate surface area is 134 Å². The lowest BCUT2D eigenvalue weighted by atomic mass is 10.1. The molecule has 124 valence electrons. The molecule has 22 heavy (non-hydrogen) atoms. The van der Waals surface area contributed by atoms with E-state index in [4.69, 9.17) is 18.9 Å². The smallest absolute Gasteiger partial charge is 0.118 e. The van der Waals surface area contributed by atoms with Crippen molar-refractivity contribution in [3.63, 3.8) is 0 Å². The number of hydrogen-bond donors (Lipinski definition) is 0. The highest BCUT2D eigenvalue weighted by molar-refractivity contribution is 5.63. The molecule has 0 fully saturated rings. The van der Waals surface area contributed by atoms with Crippen molar-refractivity contribution in [2.24, 2.45) is 0 Å². The Balaban J connectivity index is 2.09. The lowest BCUT2D eigenvalue weighted by Gasteiger charge is -2.07. The van der Waals surface area contributed by atoms with Crippen LogP contribution in [0.1, 0.15) is 32.3 Å². The summed E-state index contributed by atoms with van der Waals surface area (Å²) in [6.45, 7) is 7.38. The third-order valence-corrected chi connectivity index (χ3v) is 3.17. The number of unbranched alkanes of at least 4 members (excludes halogenated alkanes) is 1. The SMILES string of the molecule is CCCCOCCOCCOC=C(C)c1ccc(OC)cc1. The molecule has 0 aromatic heterocycles. The second-order valence-electron chi connectivity index (χ2n) is 4.98. The van der Waals surface area contributed by atoms with Gasteiger partial charge in [-0.15, -0.1) is 0 Å². The summed E-state index contributed by atoms with van der Waals surface area (Å²) in [5.41, 5.74) is 2.19. The molecule has 4 nitrogen and oxygen atoms in total. The first-order valence-corrected chi connectivity index (χ1v) is 7.86. The normalized spacial score (nSPS) is 11.5. The molecule has 0 amide bonds. The number of benzene rings is 1. The summed E-state index contributed by atoms with van der Waals surface area (Å²) in [6.07, 6.45) is 4.04. The standard InChI is InChI=1S/C18H28O4/c1-4-5-10-20-11-12-21-13-14-22-15-16(2)17-6-8-18(19-3)9-7-17/h6-9,15H,4-5,10-14H2,1-3H3. The number of methoxy groups -OCH3 is 1. The van der Waals surface area contributed by atoms with Gasteiger partial charge in [0.2, 0.25) is 0 Å². The molecule has 0 atom stereocenters. The maximum Gasteiger partial charge on any atom is 0.118 e. The highest BCUT2D eigenvalue weighted by Crippen LogP contribution is 2.17. The molecule has 0 bridgehead atoms. The summed E-state index contributed by atoms with van der Waals surface area (Å²) in [6, 6.07) is 7.90. The Hall–Kier alpha value is -1.52. The van der Waals surface area contributed by atoms with Crippen LogP contribution in [0.25, 0.3) is 5.57 Å². The predicted octanol–water partition coefficient (Wildman–Crippen LogP) is 3.91. The van der Waals surface area contributed by atoms with Crippen molar-refractivity contribution in [1.29, 1.82) is 0 Å². The molecule has 0 saturated heterocycles. The van der Waals surface area contributed by atoms with E-state index in [1.54, 1.807) is 13.4 Å². The van der Waals surface area contributed by atoms with Crippen LogP contribution in [0.2, 0.25) is 0 Å². The Morgan fingerprint density at radius 1 is 0.955 bits per heavy atom. The molecule has 0 unspecified atom stereocenters. The van der Waals surface area contributed by atoms with E-state index in [1.807, 2.05) is 31.2 Å². The average molecular weight is 308 g/mol. The van der Waals surface area contributed by atoms with E-state index >= 15 is 0 Å². The first kappa shape index (κ1) is 18.5. The predicted molar refractivity (Wildman–Crippen MR) is 89.1 cm³/mol. The van der Waals surface area contributed by atoms with Crippen LogP contribution >= 0.6 is 0 Å². The maximum absolute atomic E-state index is 5.49. The number of hydrogen-bond acceptors (Lipinski definition) is 4. The van der Waals surface area contributed by atoms with Crippen molar-refractivity contribution in [1.82, 2.24) is 0 Å². The molecule has 0 aliphatic carbocycles. The fourth-order valence-electron chi connectivity index (χ4n) is 1.78. The zero-order valence-electron chi connectivity index (χ0n) is 14.0. The molecule has 1 aromatic rings. The third-order valence-electron chi connectivity index (χ3n) is 3.17. The highest BCUT2D eigenvalue weighted by Gasteiger charge is 1.97. The van der Waals surface area contributed by atoms with Crippen molar-refractivity contribution in [3.8, 4) is 5.75 Å². The quantitative estimate of drug-likeness (QED) is 0.433. The van der Waals surface area contributed by atoms with Crippen molar-refractivity contribution in [3.05, 3.63) is 36.1 Å². The van der Waals surface area contributed by atoms with Crippen LogP contribution in [0.4, 0.5) is 0 Å². The highest BCUT2D eigenvalue weighted by atomic mass is 16.5. The van der Waals surface area contributed by atoms with Gasteiger partial charge >= 0.3 is 0 Å². The molecule has 0 aliphatic rings. The molecule has 0 spiro atoms. The minimum atomic E-state index is 0.544. The summed E-state index contributed by atoms with van der Waals surface area (Å²) in [7, 11) is 1.66. The fraction of sp³-hybridized carbons (Fsp3) is 0.556. The second kappa shape index (κ2) is 12.1. The summed E-state index contributed by atoms with van der Waals surface area (Å²) < 4.78 is 21.5. The van der Waals surface area contributed by atoms with Gasteiger partial charge in [0.15, 0.2) is 0 Å². The van der Waals surface area contributed by atoms with Crippen LogP contribution < -0.4 is 4.74 Å². The third kappa shape index (κ3) is 8.05. The Morgan fingerprint density at radius 3 is 2.23 bits per heavy atom. The second-order valence-corrected chi connectivity index (χ2v) is 4.98. The lowest BCUT2D eigenvalue weighted by molar-refractivity contribution is 0.0300. The van der Waals surface area contributed by atoms with Crippen LogP contribution in [-0.4, -0.2) is 40.1 Å². The zero-order chi connectivity index (χ0) is 16.0. The molecule has 4 heteroatoms. The average Bonchev–Trinajstić information content (AvgIpc) is 2.56. The van der Waals surface area contributed by atoms with E-state index in [0.717, 1.165) is 36.3 Å². The minimum absolute atomic E-state index is 0.544. The van der Waals surface area contributed by atoms with Gasteiger partial charge in [0.05, 0.1) is 33.2 Å². The first-order valence-electron chi connectivity index (χ1n) is 7.86. The molecule has 0 saturated carbocycles. The van der Waals surface area contributed by atoms with Crippen molar-refractivity contribution in [2.75, 3.05) is 40.1 Å². The van der Waals surface area contributed by atoms with E-state index in [-0.39, 0.29) is 0 Å². The van der Waals surface area contributed by atoms with Gasteiger partial charge in [0.25, 0.3) is 0 Å². The van der Waals surface area contributed by atoms with Gasteiger partial charge in [-0.1, -0.05) is 25.5 Å². The van der Waals surface area contributed by atoms with E-state index in [2.05, 4.69) is 6.92 Å². The Morgan fingerprint density at radius 2 is 1.59 bits per heavy atom. The molecular formula is C18H28O4. The van der Waals surface area contributed by atoms with Crippen LogP contribution in [0.5, 0.6) is 5.75 Å². The molecule has 1 aromatic carbocycles. The molecule has 0 radical (unpaired) electrons. The molecule has 0 aliphatic heterocycles. The van der Waals surface area contributed by atoms with Gasteiger partial charge in [-0.05, 0) is 36.6 Å². The van der Waals surface area contributed by atoms with Crippen LogP contribution in [0.3, 0.4) is 0 Å². The number of ether oxygens (including phenoxy) is 4. The topological polar surface area (TPSA) is 36.9 Å². The van der Waals surface area contributed by atoms with E-state index in [1.165, 1.54) is 0 Å².